The topological polar surface area (TPSA) is 82.8 Å². The van der Waals surface area contributed by atoms with E-state index in [-0.39, 0.29) is 6.54 Å². The second kappa shape index (κ2) is 7.12. The molecule has 1 rings (SSSR count). The average Bonchev–Trinajstić information content (AvgIpc) is 2.37. The summed E-state index contributed by atoms with van der Waals surface area (Å²) in [4.78, 5) is 16.8. The first-order valence-corrected chi connectivity index (χ1v) is 6.34. The molecule has 0 aromatic heterocycles. The van der Waals surface area contributed by atoms with Crippen LogP contribution in [0.15, 0.2) is 24.3 Å². The fraction of sp³-hybridized carbons (Fsp3) is 0.500. The van der Waals surface area contributed by atoms with Gasteiger partial charge in [-0.05, 0) is 38.5 Å². The Morgan fingerprint density at radius 1 is 1.40 bits per heavy atom. The number of amides is 1. The normalized spacial score (nSPS) is 12.7. The minimum Gasteiger partial charge on any atom is -0.497 e. The lowest BCUT2D eigenvalue weighted by Crippen LogP contribution is -2.34. The molecule has 0 fully saturated rings. The maximum absolute atomic E-state index is 11.5. The van der Waals surface area contributed by atoms with E-state index in [1.54, 1.807) is 33.9 Å². The number of nitrogens with two attached hydrogens (primary N) is 1. The summed E-state index contributed by atoms with van der Waals surface area (Å²) >= 11 is 0. The van der Waals surface area contributed by atoms with Gasteiger partial charge in [-0.25, -0.2) is 4.79 Å². The number of carbonyl (C=O) groups is 1. The summed E-state index contributed by atoms with van der Waals surface area (Å²) in [6.45, 7) is 5.53. The number of hydrogen-bond donors (Lipinski definition) is 2. The molecule has 6 nitrogen and oxygen atoms in total. The average molecular weight is 282 g/mol. The molecule has 0 aliphatic heterocycles. The summed E-state index contributed by atoms with van der Waals surface area (Å²) in [5.74, 6) is 0.696. The highest BCUT2D eigenvalue weighted by molar-refractivity contribution is 5.66. The van der Waals surface area contributed by atoms with Crippen molar-refractivity contribution < 1.29 is 19.1 Å². The highest BCUT2D eigenvalue weighted by Gasteiger charge is 2.18. The Labute approximate surface area is 119 Å². The van der Waals surface area contributed by atoms with Crippen LogP contribution in [-0.4, -0.2) is 25.3 Å². The Hall–Kier alpha value is -1.79. The van der Waals surface area contributed by atoms with Crippen LogP contribution in [0.1, 0.15) is 32.4 Å². The number of carbonyl (C=O) groups excluding carboxylic acids is 1. The minimum atomic E-state index is -0.654. The third-order valence-corrected chi connectivity index (χ3v) is 2.36. The van der Waals surface area contributed by atoms with Crippen LogP contribution in [-0.2, 0) is 9.57 Å². The van der Waals surface area contributed by atoms with Crippen molar-refractivity contribution in [3.8, 4) is 5.75 Å². The van der Waals surface area contributed by atoms with Gasteiger partial charge in [-0.3, -0.25) is 4.84 Å². The van der Waals surface area contributed by atoms with Gasteiger partial charge in [0.15, 0.2) is 0 Å². The first-order valence-electron chi connectivity index (χ1n) is 6.34. The molecule has 6 heteroatoms. The van der Waals surface area contributed by atoms with Crippen LogP contribution in [0.4, 0.5) is 4.79 Å². The number of methoxy groups -OCH3 is 1. The van der Waals surface area contributed by atoms with E-state index >= 15 is 0 Å². The van der Waals surface area contributed by atoms with E-state index in [0.717, 1.165) is 5.56 Å². The van der Waals surface area contributed by atoms with E-state index < -0.39 is 17.8 Å². The molecule has 0 saturated carbocycles. The lowest BCUT2D eigenvalue weighted by molar-refractivity contribution is -0.0403. The molecule has 0 aliphatic carbocycles. The lowest BCUT2D eigenvalue weighted by Gasteiger charge is -2.21. The third kappa shape index (κ3) is 5.46. The Kier molecular flexibility index (Phi) is 5.79. The van der Waals surface area contributed by atoms with Crippen molar-refractivity contribution in [3.05, 3.63) is 29.8 Å². The summed E-state index contributed by atoms with van der Waals surface area (Å²) in [5, 5.41) is 0. The molecule has 0 bridgehead atoms. The highest BCUT2D eigenvalue weighted by atomic mass is 16.7. The fourth-order valence-electron chi connectivity index (χ4n) is 1.51. The molecular weight excluding hydrogens is 260 g/mol. The second-order valence-corrected chi connectivity index (χ2v) is 5.22. The summed E-state index contributed by atoms with van der Waals surface area (Å²) in [6, 6.07) is 7.29. The molecule has 0 radical (unpaired) electrons. The maximum Gasteiger partial charge on any atom is 0.431 e. The van der Waals surface area contributed by atoms with Gasteiger partial charge in [0.2, 0.25) is 0 Å². The number of hydrogen-bond acceptors (Lipinski definition) is 5. The fourth-order valence-corrected chi connectivity index (χ4v) is 1.51. The number of nitrogens with one attached hydrogen (secondary N) is 1. The van der Waals surface area contributed by atoms with E-state index in [2.05, 4.69) is 5.48 Å². The van der Waals surface area contributed by atoms with Gasteiger partial charge in [-0.1, -0.05) is 12.1 Å². The van der Waals surface area contributed by atoms with Crippen molar-refractivity contribution in [2.24, 2.45) is 5.73 Å². The van der Waals surface area contributed by atoms with Gasteiger partial charge in [-0.2, -0.15) is 5.48 Å². The Morgan fingerprint density at radius 3 is 2.65 bits per heavy atom. The van der Waals surface area contributed by atoms with Crippen LogP contribution in [0.3, 0.4) is 0 Å². The zero-order chi connectivity index (χ0) is 15.2. The molecule has 0 spiro atoms. The molecule has 0 saturated heterocycles. The van der Waals surface area contributed by atoms with E-state index in [1.165, 1.54) is 0 Å². The molecule has 20 heavy (non-hydrogen) atoms. The van der Waals surface area contributed by atoms with Crippen LogP contribution in [0, 0.1) is 0 Å². The van der Waals surface area contributed by atoms with E-state index in [0.29, 0.717) is 5.75 Å². The van der Waals surface area contributed by atoms with E-state index in [1.807, 2.05) is 18.2 Å². The number of hydroxylamine groups is 1. The van der Waals surface area contributed by atoms with Crippen molar-refractivity contribution in [3.63, 3.8) is 0 Å². The molecule has 1 atom stereocenters. The molecule has 0 heterocycles. The predicted molar refractivity (Wildman–Crippen MR) is 75.2 cm³/mol. The predicted octanol–water partition coefficient (Wildman–Crippen LogP) is 2.15. The molecule has 0 aliphatic rings. The standard InChI is InChI=1S/C14H22N2O4/c1-14(2,3)19-13(17)16-20-12(9-15)10-6-5-7-11(8-10)18-4/h5-8,12H,9,15H2,1-4H3,(H,16,17). The SMILES string of the molecule is COc1cccc(C(CN)ONC(=O)OC(C)(C)C)c1. The van der Waals surface area contributed by atoms with Crippen LogP contribution in [0.5, 0.6) is 5.75 Å². The van der Waals surface area contributed by atoms with Crippen molar-refractivity contribution in [1.29, 1.82) is 0 Å². The quantitative estimate of drug-likeness (QED) is 0.809. The summed E-state index contributed by atoms with van der Waals surface area (Å²) in [6.07, 6.45) is -1.13. The molecule has 3 N–H and O–H groups in total. The smallest absolute Gasteiger partial charge is 0.431 e. The molecule has 112 valence electrons. The lowest BCUT2D eigenvalue weighted by atomic mass is 10.1. The van der Waals surface area contributed by atoms with Gasteiger partial charge in [0, 0.05) is 6.54 Å². The van der Waals surface area contributed by atoms with Gasteiger partial charge in [0.1, 0.15) is 17.5 Å². The van der Waals surface area contributed by atoms with Gasteiger partial charge < -0.3 is 15.2 Å². The molecule has 1 aromatic rings. The van der Waals surface area contributed by atoms with E-state index in [4.69, 9.17) is 20.0 Å². The molecule has 1 aromatic carbocycles. The summed E-state index contributed by atoms with van der Waals surface area (Å²) in [5.41, 5.74) is 8.12. The number of benzene rings is 1. The monoisotopic (exact) mass is 282 g/mol. The number of ether oxygens (including phenoxy) is 2. The first-order chi connectivity index (χ1) is 9.35. The Bertz CT molecular complexity index is 443. The highest BCUT2D eigenvalue weighted by Crippen LogP contribution is 2.20. The summed E-state index contributed by atoms with van der Waals surface area (Å²) < 4.78 is 10.2. The van der Waals surface area contributed by atoms with Gasteiger partial charge in [0.05, 0.1) is 7.11 Å². The Balaban J connectivity index is 2.61. The Morgan fingerprint density at radius 2 is 2.10 bits per heavy atom. The van der Waals surface area contributed by atoms with Gasteiger partial charge in [-0.15, -0.1) is 0 Å². The third-order valence-electron chi connectivity index (χ3n) is 2.36. The van der Waals surface area contributed by atoms with Crippen LogP contribution in [0.2, 0.25) is 0 Å². The van der Waals surface area contributed by atoms with Crippen molar-refractivity contribution in [1.82, 2.24) is 5.48 Å². The maximum atomic E-state index is 11.5. The van der Waals surface area contributed by atoms with Crippen LogP contribution < -0.4 is 16.0 Å². The van der Waals surface area contributed by atoms with Crippen molar-refractivity contribution in [2.75, 3.05) is 13.7 Å². The van der Waals surface area contributed by atoms with Crippen LogP contribution >= 0.6 is 0 Å². The first kappa shape index (κ1) is 16.3. The molecule has 1 amide bonds. The minimum absolute atomic E-state index is 0.211. The van der Waals surface area contributed by atoms with E-state index in [9.17, 15) is 4.79 Å². The largest absolute Gasteiger partial charge is 0.497 e. The molecular formula is C14H22N2O4. The zero-order valence-corrected chi connectivity index (χ0v) is 12.3. The second-order valence-electron chi connectivity index (χ2n) is 5.22. The van der Waals surface area contributed by atoms with Crippen molar-refractivity contribution in [2.45, 2.75) is 32.5 Å². The number of rotatable bonds is 5. The van der Waals surface area contributed by atoms with Crippen molar-refractivity contribution >= 4 is 6.09 Å². The summed E-state index contributed by atoms with van der Waals surface area (Å²) in [7, 11) is 1.58. The van der Waals surface area contributed by atoms with Gasteiger partial charge >= 0.3 is 6.09 Å². The molecule has 1 unspecified atom stereocenters. The zero-order valence-electron chi connectivity index (χ0n) is 12.3. The van der Waals surface area contributed by atoms with Crippen LogP contribution in [0.25, 0.3) is 0 Å². The van der Waals surface area contributed by atoms with Gasteiger partial charge in [0.25, 0.3) is 0 Å².